The minimum absolute atomic E-state index is 0.635. The molecule has 0 heterocycles. The predicted molar refractivity (Wildman–Crippen MR) is 200 cm³/mol. The number of ether oxygens (including phenoxy) is 2. The molecule has 2 aromatic rings. The Balaban J connectivity index is 1.98. The third-order valence-corrected chi connectivity index (χ3v) is 9.20. The zero-order valence-electron chi connectivity index (χ0n) is 30.7. The number of nitrogens with zero attached hydrogens (tertiary/aromatic N) is 2. The van der Waals surface area contributed by atoms with Crippen LogP contribution >= 0.6 is 0 Å². The molecule has 0 aliphatic carbocycles. The van der Waals surface area contributed by atoms with Crippen LogP contribution in [0.2, 0.25) is 0 Å². The van der Waals surface area contributed by atoms with E-state index in [1.54, 1.807) is 0 Å². The lowest BCUT2D eigenvalue weighted by Crippen LogP contribution is -2.29. The van der Waals surface area contributed by atoms with Gasteiger partial charge in [0.25, 0.3) is 0 Å². The summed E-state index contributed by atoms with van der Waals surface area (Å²) in [6.07, 6.45) is 23.6. The second-order valence-corrected chi connectivity index (χ2v) is 13.5. The summed E-state index contributed by atoms with van der Waals surface area (Å²) in [6.45, 7) is 16.4. The van der Waals surface area contributed by atoms with E-state index < -0.39 is 0 Å². The summed E-state index contributed by atoms with van der Waals surface area (Å²) in [5, 5.41) is 0. The Kier molecular flexibility index (Phi) is 24.9. The van der Waals surface area contributed by atoms with Gasteiger partial charge in [-0.3, -0.25) is 9.80 Å². The van der Waals surface area contributed by atoms with E-state index in [0.29, 0.717) is 26.7 Å². The average Bonchev–Trinajstić information content (AvgIpc) is 3.08. The molecule has 0 N–H and O–H groups in total. The molecule has 0 unspecified atom stereocenters. The third-order valence-electron chi connectivity index (χ3n) is 9.20. The van der Waals surface area contributed by atoms with E-state index in [1.807, 2.05) is 0 Å². The van der Waals surface area contributed by atoms with Gasteiger partial charge in [0.05, 0.1) is 26.7 Å². The van der Waals surface area contributed by atoms with E-state index in [0.717, 1.165) is 26.2 Å². The molecule has 46 heavy (non-hydrogen) atoms. The Morgan fingerprint density at radius 2 is 0.696 bits per heavy atom. The van der Waals surface area contributed by atoms with E-state index in [2.05, 4.69) is 86.0 Å². The molecule has 0 aromatic heterocycles. The SMILES string of the molecule is CCCCCCCN(CCCCCC)COCc1ccccc1-c1ccccc1COCN(CCCCCC)CCCCCCC. The molecular formula is C42H72N2O2. The second-order valence-electron chi connectivity index (χ2n) is 13.5. The first-order valence-electron chi connectivity index (χ1n) is 19.5. The maximum atomic E-state index is 6.44. The predicted octanol–water partition coefficient (Wildman–Crippen LogP) is 12.0. The number of rotatable bonds is 31. The molecule has 2 aromatic carbocycles. The molecule has 0 radical (unpaired) electrons. The first kappa shape index (κ1) is 40.5. The summed E-state index contributed by atoms with van der Waals surface area (Å²) in [5.41, 5.74) is 5.05. The van der Waals surface area contributed by atoms with Crippen LogP contribution in [-0.2, 0) is 22.7 Å². The van der Waals surface area contributed by atoms with E-state index >= 15 is 0 Å². The fraction of sp³-hybridized carbons (Fsp3) is 0.714. The third kappa shape index (κ3) is 18.6. The van der Waals surface area contributed by atoms with Crippen LogP contribution < -0.4 is 0 Å². The quantitative estimate of drug-likeness (QED) is 0.0607. The first-order valence-corrected chi connectivity index (χ1v) is 19.5. The van der Waals surface area contributed by atoms with Crippen molar-refractivity contribution in [3.63, 3.8) is 0 Å². The van der Waals surface area contributed by atoms with Crippen molar-refractivity contribution < 1.29 is 9.47 Å². The maximum absolute atomic E-state index is 6.44. The van der Waals surface area contributed by atoms with Crippen LogP contribution in [-0.4, -0.2) is 49.4 Å². The number of benzene rings is 2. The Morgan fingerprint density at radius 3 is 1.04 bits per heavy atom. The molecule has 0 atom stereocenters. The second kappa shape index (κ2) is 28.3. The van der Waals surface area contributed by atoms with Crippen LogP contribution in [0.5, 0.6) is 0 Å². The fourth-order valence-corrected chi connectivity index (χ4v) is 6.27. The normalized spacial score (nSPS) is 11.7. The van der Waals surface area contributed by atoms with Gasteiger partial charge in [0.1, 0.15) is 0 Å². The maximum Gasteiger partial charge on any atom is 0.0994 e. The van der Waals surface area contributed by atoms with E-state index in [4.69, 9.17) is 9.47 Å². The van der Waals surface area contributed by atoms with Crippen LogP contribution in [0.25, 0.3) is 11.1 Å². The van der Waals surface area contributed by atoms with Crippen molar-refractivity contribution in [2.75, 3.05) is 39.6 Å². The van der Waals surface area contributed by atoms with Crippen LogP contribution in [0.1, 0.15) is 154 Å². The molecule has 0 amide bonds. The highest BCUT2D eigenvalue weighted by Gasteiger charge is 2.12. The highest BCUT2D eigenvalue weighted by molar-refractivity contribution is 5.70. The smallest absolute Gasteiger partial charge is 0.0994 e. The highest BCUT2D eigenvalue weighted by atomic mass is 16.5. The zero-order chi connectivity index (χ0) is 32.9. The van der Waals surface area contributed by atoms with Gasteiger partial charge in [0.2, 0.25) is 0 Å². The van der Waals surface area contributed by atoms with Crippen molar-refractivity contribution >= 4 is 0 Å². The minimum Gasteiger partial charge on any atom is -0.361 e. The molecule has 0 spiro atoms. The van der Waals surface area contributed by atoms with Crippen molar-refractivity contribution in [3.05, 3.63) is 59.7 Å². The summed E-state index contributed by atoms with van der Waals surface area (Å²) in [6, 6.07) is 17.6. The van der Waals surface area contributed by atoms with Crippen molar-refractivity contribution in [1.29, 1.82) is 0 Å². The Bertz CT molecular complexity index is 887. The van der Waals surface area contributed by atoms with Gasteiger partial charge in [-0.1, -0.05) is 166 Å². The van der Waals surface area contributed by atoms with Gasteiger partial charge >= 0.3 is 0 Å². The first-order chi connectivity index (χ1) is 22.7. The lowest BCUT2D eigenvalue weighted by Gasteiger charge is -2.23. The van der Waals surface area contributed by atoms with Gasteiger partial charge in [0, 0.05) is 26.2 Å². The van der Waals surface area contributed by atoms with Gasteiger partial charge in [-0.25, -0.2) is 0 Å². The fourth-order valence-electron chi connectivity index (χ4n) is 6.27. The Hall–Kier alpha value is -1.72. The number of unbranched alkanes of at least 4 members (excludes halogenated alkanes) is 14. The van der Waals surface area contributed by atoms with Gasteiger partial charge in [0.15, 0.2) is 0 Å². The van der Waals surface area contributed by atoms with E-state index in [-0.39, 0.29) is 0 Å². The molecule has 0 bridgehead atoms. The minimum atomic E-state index is 0.635. The molecule has 4 heteroatoms. The van der Waals surface area contributed by atoms with Crippen molar-refractivity contribution in [3.8, 4) is 11.1 Å². The molecule has 0 saturated carbocycles. The van der Waals surface area contributed by atoms with Crippen LogP contribution in [0.15, 0.2) is 48.5 Å². The highest BCUT2D eigenvalue weighted by Crippen LogP contribution is 2.28. The summed E-state index contributed by atoms with van der Waals surface area (Å²) in [5.74, 6) is 0. The average molecular weight is 637 g/mol. The topological polar surface area (TPSA) is 24.9 Å². The number of hydrogen-bond acceptors (Lipinski definition) is 4. The van der Waals surface area contributed by atoms with Crippen molar-refractivity contribution in [2.24, 2.45) is 0 Å². The molecule has 0 aliphatic heterocycles. The summed E-state index contributed by atoms with van der Waals surface area (Å²) in [7, 11) is 0. The van der Waals surface area contributed by atoms with E-state index in [1.165, 1.54) is 138 Å². The van der Waals surface area contributed by atoms with Crippen LogP contribution in [0.4, 0.5) is 0 Å². The van der Waals surface area contributed by atoms with Crippen LogP contribution in [0, 0.1) is 0 Å². The van der Waals surface area contributed by atoms with Gasteiger partial charge < -0.3 is 9.47 Å². The molecule has 2 rings (SSSR count). The summed E-state index contributed by atoms with van der Waals surface area (Å²) < 4.78 is 12.9. The largest absolute Gasteiger partial charge is 0.361 e. The van der Waals surface area contributed by atoms with E-state index in [9.17, 15) is 0 Å². The molecule has 4 nitrogen and oxygen atoms in total. The van der Waals surface area contributed by atoms with Gasteiger partial charge in [-0.15, -0.1) is 0 Å². The number of hydrogen-bond donors (Lipinski definition) is 0. The Morgan fingerprint density at radius 1 is 0.391 bits per heavy atom. The summed E-state index contributed by atoms with van der Waals surface area (Å²) >= 11 is 0. The molecule has 262 valence electrons. The zero-order valence-corrected chi connectivity index (χ0v) is 30.7. The van der Waals surface area contributed by atoms with Gasteiger partial charge in [-0.2, -0.15) is 0 Å². The summed E-state index contributed by atoms with van der Waals surface area (Å²) in [4.78, 5) is 5.09. The molecule has 0 saturated heterocycles. The van der Waals surface area contributed by atoms with Crippen molar-refractivity contribution in [1.82, 2.24) is 9.80 Å². The molecule has 0 aliphatic rings. The lowest BCUT2D eigenvalue weighted by atomic mass is 9.96. The Labute approximate surface area is 285 Å². The van der Waals surface area contributed by atoms with Gasteiger partial charge in [-0.05, 0) is 47.9 Å². The lowest BCUT2D eigenvalue weighted by molar-refractivity contribution is 0.0164. The monoisotopic (exact) mass is 637 g/mol. The van der Waals surface area contributed by atoms with Crippen molar-refractivity contribution in [2.45, 2.75) is 156 Å². The molecular weight excluding hydrogens is 564 g/mol. The standard InChI is InChI=1S/C42H72N2O2/c1-5-9-13-17-25-33-43(31-23-15-11-7-3)37-45-35-39-27-19-21-29-41(39)42-30-22-20-28-40(42)36-46-38-44(32-24-16-12-8-4)34-26-18-14-10-6-2/h19-22,27-30H,5-18,23-26,31-38H2,1-4H3. The molecule has 0 fully saturated rings. The van der Waals surface area contributed by atoms with Crippen LogP contribution in [0.3, 0.4) is 0 Å².